The van der Waals surface area contributed by atoms with Gasteiger partial charge in [0.25, 0.3) is 0 Å². The second-order valence-electron chi connectivity index (χ2n) is 5.33. The van der Waals surface area contributed by atoms with Gasteiger partial charge in [0, 0.05) is 0 Å². The van der Waals surface area contributed by atoms with Gasteiger partial charge in [-0.1, -0.05) is 6.58 Å². The van der Waals surface area contributed by atoms with Crippen LogP contribution in [0.25, 0.3) is 0 Å². The quantitative estimate of drug-likeness (QED) is 0.750. The highest BCUT2D eigenvalue weighted by Gasteiger charge is 2.82. The Morgan fingerprint density at radius 2 is 1.26 bits per heavy atom. The van der Waals surface area contributed by atoms with Crippen LogP contribution in [-0.2, 0) is 4.74 Å². The number of nitrogens with one attached hydrogen (secondary N) is 1. The molecule has 0 aliphatic carbocycles. The van der Waals surface area contributed by atoms with E-state index in [1.54, 1.807) is 0 Å². The van der Waals surface area contributed by atoms with E-state index in [0.717, 1.165) is 5.32 Å². The average molecular weight is 361 g/mol. The SMILES string of the molecule is C=C(NC(=O)OC(C)(C)C)C(F)(F)C(F)(F)C(F)(F)C(F)(F)F. The summed E-state index contributed by atoms with van der Waals surface area (Å²) in [5, 5.41) is 0.920. The third-order valence-corrected chi connectivity index (χ3v) is 2.18. The zero-order valence-corrected chi connectivity index (χ0v) is 11.9. The van der Waals surface area contributed by atoms with E-state index in [0.29, 0.717) is 0 Å². The topological polar surface area (TPSA) is 38.3 Å². The monoisotopic (exact) mass is 361 g/mol. The molecule has 0 unspecified atom stereocenters. The van der Waals surface area contributed by atoms with Crippen molar-refractivity contribution >= 4 is 6.09 Å². The molecule has 0 aliphatic heterocycles. The van der Waals surface area contributed by atoms with E-state index in [2.05, 4.69) is 11.3 Å². The number of carbonyl (C=O) groups is 1. The molecule has 0 aromatic rings. The lowest BCUT2D eigenvalue weighted by Crippen LogP contribution is -2.62. The summed E-state index contributed by atoms with van der Waals surface area (Å²) in [5.74, 6) is -20.1. The normalized spacial score (nSPS) is 14.4. The van der Waals surface area contributed by atoms with Crippen LogP contribution in [0.1, 0.15) is 20.8 Å². The van der Waals surface area contributed by atoms with E-state index < -0.39 is 41.3 Å². The summed E-state index contributed by atoms with van der Waals surface area (Å²) < 4.78 is 118. The highest BCUT2D eigenvalue weighted by Crippen LogP contribution is 2.54. The summed E-state index contributed by atoms with van der Waals surface area (Å²) in [6.07, 6.45) is -8.74. The zero-order valence-electron chi connectivity index (χ0n) is 11.9. The van der Waals surface area contributed by atoms with Crippen molar-refractivity contribution in [2.24, 2.45) is 0 Å². The van der Waals surface area contributed by atoms with Gasteiger partial charge in [0.15, 0.2) is 0 Å². The molecule has 1 amide bonds. The number of alkyl halides is 9. The molecule has 0 aromatic heterocycles. The largest absolute Gasteiger partial charge is 0.460 e. The summed E-state index contributed by atoms with van der Waals surface area (Å²) in [4.78, 5) is 11.1. The Bertz CT molecular complexity index is 477. The van der Waals surface area contributed by atoms with Gasteiger partial charge in [-0.15, -0.1) is 0 Å². The summed E-state index contributed by atoms with van der Waals surface area (Å²) in [6, 6.07) is 0. The minimum absolute atomic E-state index is 0.920. The molecule has 136 valence electrons. The summed E-state index contributed by atoms with van der Waals surface area (Å²) in [5.41, 5.74) is -3.65. The smallest absolute Gasteiger partial charge is 0.444 e. The molecule has 0 rings (SSSR count). The van der Waals surface area contributed by atoms with Crippen molar-refractivity contribution in [3.8, 4) is 0 Å². The van der Waals surface area contributed by atoms with Crippen LogP contribution in [0.5, 0.6) is 0 Å². The fourth-order valence-corrected chi connectivity index (χ4v) is 1.07. The molecule has 12 heteroatoms. The fraction of sp³-hybridized carbons (Fsp3) is 0.727. The standard InChI is InChI=1S/C11H12F9NO2/c1-5(21-6(22)23-7(2,3)4)8(12,13)9(14,15)10(16,17)11(18,19)20/h1H2,2-4H3,(H,21,22). The molecule has 0 aromatic carbocycles. The third-order valence-electron chi connectivity index (χ3n) is 2.18. The molecule has 0 radical (unpaired) electrons. The van der Waals surface area contributed by atoms with E-state index in [9.17, 15) is 44.3 Å². The van der Waals surface area contributed by atoms with Crippen molar-refractivity contribution in [3.63, 3.8) is 0 Å². The van der Waals surface area contributed by atoms with Crippen molar-refractivity contribution in [2.75, 3.05) is 0 Å². The van der Waals surface area contributed by atoms with Gasteiger partial charge in [0.2, 0.25) is 0 Å². The fourth-order valence-electron chi connectivity index (χ4n) is 1.07. The van der Waals surface area contributed by atoms with E-state index in [1.807, 2.05) is 0 Å². The van der Waals surface area contributed by atoms with E-state index in [1.165, 1.54) is 20.8 Å². The Labute approximate surface area is 124 Å². The number of ether oxygens (including phenoxy) is 1. The average Bonchev–Trinajstić information content (AvgIpc) is 2.23. The first-order valence-corrected chi connectivity index (χ1v) is 5.67. The summed E-state index contributed by atoms with van der Waals surface area (Å²) in [6.45, 7) is 5.97. The van der Waals surface area contributed by atoms with E-state index in [4.69, 9.17) is 0 Å². The molecule has 23 heavy (non-hydrogen) atoms. The molecular weight excluding hydrogens is 349 g/mol. The van der Waals surface area contributed by atoms with Crippen LogP contribution >= 0.6 is 0 Å². The second kappa shape index (κ2) is 5.78. The maximum Gasteiger partial charge on any atom is 0.460 e. The third kappa shape index (κ3) is 4.22. The Morgan fingerprint density at radius 3 is 1.57 bits per heavy atom. The van der Waals surface area contributed by atoms with Crippen LogP contribution in [0.3, 0.4) is 0 Å². The Morgan fingerprint density at radius 1 is 0.870 bits per heavy atom. The zero-order chi connectivity index (χ0) is 19.1. The van der Waals surface area contributed by atoms with Crippen molar-refractivity contribution in [1.29, 1.82) is 0 Å². The molecule has 0 saturated carbocycles. The molecule has 1 N–H and O–H groups in total. The summed E-state index contributed by atoms with van der Waals surface area (Å²) >= 11 is 0. The molecule has 3 nitrogen and oxygen atoms in total. The molecule has 0 spiro atoms. The maximum atomic E-state index is 13.3. The molecule has 0 heterocycles. The van der Waals surface area contributed by atoms with Crippen LogP contribution < -0.4 is 5.32 Å². The molecule has 0 fully saturated rings. The number of carbonyl (C=O) groups excluding carboxylic acids is 1. The van der Waals surface area contributed by atoms with Gasteiger partial charge in [-0.25, -0.2) is 4.79 Å². The van der Waals surface area contributed by atoms with Crippen molar-refractivity contribution in [1.82, 2.24) is 5.32 Å². The van der Waals surface area contributed by atoms with Crippen molar-refractivity contribution in [2.45, 2.75) is 50.3 Å². The summed E-state index contributed by atoms with van der Waals surface area (Å²) in [7, 11) is 0. The molecule has 0 aliphatic rings. The van der Waals surface area contributed by atoms with E-state index >= 15 is 0 Å². The predicted octanol–water partition coefficient (Wildman–Crippen LogP) is 4.49. The van der Waals surface area contributed by atoms with Crippen molar-refractivity contribution < 1.29 is 49.0 Å². The van der Waals surface area contributed by atoms with Gasteiger partial charge >= 0.3 is 30.0 Å². The number of hydrogen-bond donors (Lipinski definition) is 1. The van der Waals surface area contributed by atoms with Crippen molar-refractivity contribution in [3.05, 3.63) is 12.3 Å². The number of halogens is 9. The second-order valence-corrected chi connectivity index (χ2v) is 5.33. The molecule has 0 atom stereocenters. The van der Waals surface area contributed by atoms with Crippen LogP contribution in [0.2, 0.25) is 0 Å². The lowest BCUT2D eigenvalue weighted by molar-refractivity contribution is -0.390. The Hall–Kier alpha value is -1.62. The van der Waals surface area contributed by atoms with Gasteiger partial charge in [-0.2, -0.15) is 39.5 Å². The number of alkyl carbamates (subject to hydrolysis) is 1. The van der Waals surface area contributed by atoms with Crippen LogP contribution in [0.4, 0.5) is 44.3 Å². The minimum Gasteiger partial charge on any atom is -0.444 e. The molecule has 0 bridgehead atoms. The number of amides is 1. The number of rotatable bonds is 4. The first kappa shape index (κ1) is 21.4. The van der Waals surface area contributed by atoms with E-state index in [-0.39, 0.29) is 0 Å². The molecule has 0 saturated heterocycles. The van der Waals surface area contributed by atoms with Crippen LogP contribution in [-0.4, -0.2) is 35.6 Å². The van der Waals surface area contributed by atoms with Gasteiger partial charge < -0.3 is 4.74 Å². The number of hydrogen-bond acceptors (Lipinski definition) is 2. The lowest BCUT2D eigenvalue weighted by Gasteiger charge is -2.34. The highest BCUT2D eigenvalue weighted by atomic mass is 19.4. The van der Waals surface area contributed by atoms with Gasteiger partial charge in [-0.3, -0.25) is 5.32 Å². The lowest BCUT2D eigenvalue weighted by atomic mass is 10.0. The molecular formula is C11H12F9NO2. The first-order chi connectivity index (χ1) is 9.77. The predicted molar refractivity (Wildman–Crippen MR) is 59.4 cm³/mol. The van der Waals surface area contributed by atoms with Gasteiger partial charge in [0.05, 0.1) is 5.70 Å². The van der Waals surface area contributed by atoms with Gasteiger partial charge in [-0.05, 0) is 20.8 Å². The Balaban J connectivity index is 5.47. The number of allylic oxidation sites excluding steroid dienone is 1. The van der Waals surface area contributed by atoms with Crippen LogP contribution in [0.15, 0.2) is 12.3 Å². The maximum absolute atomic E-state index is 13.3. The van der Waals surface area contributed by atoms with Gasteiger partial charge in [0.1, 0.15) is 5.60 Å². The van der Waals surface area contributed by atoms with Crippen LogP contribution in [0, 0.1) is 0 Å². The Kier molecular flexibility index (Phi) is 5.38. The highest BCUT2D eigenvalue weighted by molar-refractivity contribution is 5.70. The minimum atomic E-state index is -7.07. The first-order valence-electron chi connectivity index (χ1n) is 5.67.